The molecule has 0 aromatic heterocycles. The summed E-state index contributed by atoms with van der Waals surface area (Å²) in [6.07, 6.45) is 5.79. The minimum atomic E-state index is 0.444. The molecule has 1 rings (SSSR count). The van der Waals surface area contributed by atoms with Gasteiger partial charge in [-0.05, 0) is 19.5 Å². The second-order valence-electron chi connectivity index (χ2n) is 2.88. The Morgan fingerprint density at radius 3 is 3.09 bits per heavy atom. The molecular formula is C9H17NO. The van der Waals surface area contributed by atoms with Crippen LogP contribution in [0.4, 0.5) is 0 Å². The predicted molar refractivity (Wildman–Crippen MR) is 46.4 cm³/mol. The lowest BCUT2D eigenvalue weighted by molar-refractivity contribution is -0.0138. The SMILES string of the molecule is C/C=C/N1CCO[C@@H](CC)C1. The van der Waals surface area contributed by atoms with Crippen molar-refractivity contribution in [2.75, 3.05) is 19.7 Å². The van der Waals surface area contributed by atoms with Crippen LogP contribution in [-0.2, 0) is 4.74 Å². The molecule has 0 N–H and O–H groups in total. The Labute approximate surface area is 68.8 Å². The van der Waals surface area contributed by atoms with Crippen LogP contribution in [0.1, 0.15) is 20.3 Å². The van der Waals surface area contributed by atoms with E-state index in [1.807, 2.05) is 0 Å². The summed E-state index contributed by atoms with van der Waals surface area (Å²) in [5.74, 6) is 0. The molecule has 0 saturated carbocycles. The Morgan fingerprint density at radius 2 is 2.45 bits per heavy atom. The third-order valence-electron chi connectivity index (χ3n) is 1.99. The first kappa shape index (κ1) is 8.60. The number of rotatable bonds is 2. The monoisotopic (exact) mass is 155 g/mol. The standard InChI is InChI=1S/C9H17NO/c1-3-5-10-6-7-11-9(4-2)8-10/h3,5,9H,4,6-8H2,1-2H3/b5-3+/t9-/m0/s1. The van der Waals surface area contributed by atoms with E-state index >= 15 is 0 Å². The third-order valence-corrected chi connectivity index (χ3v) is 1.99. The molecular weight excluding hydrogens is 138 g/mol. The third kappa shape index (κ3) is 2.54. The van der Waals surface area contributed by atoms with Crippen LogP contribution >= 0.6 is 0 Å². The fourth-order valence-electron chi connectivity index (χ4n) is 1.34. The minimum absolute atomic E-state index is 0.444. The maximum atomic E-state index is 5.53. The summed E-state index contributed by atoms with van der Waals surface area (Å²) < 4.78 is 5.53. The maximum Gasteiger partial charge on any atom is 0.0748 e. The molecule has 2 nitrogen and oxygen atoms in total. The lowest BCUT2D eigenvalue weighted by Gasteiger charge is -2.31. The molecule has 64 valence electrons. The van der Waals surface area contributed by atoms with E-state index in [9.17, 15) is 0 Å². The van der Waals surface area contributed by atoms with Crippen molar-refractivity contribution in [2.24, 2.45) is 0 Å². The lowest BCUT2D eigenvalue weighted by Crippen LogP contribution is -2.38. The molecule has 0 aliphatic carbocycles. The number of hydrogen-bond acceptors (Lipinski definition) is 2. The zero-order valence-corrected chi connectivity index (χ0v) is 7.42. The lowest BCUT2D eigenvalue weighted by atomic mass is 10.2. The van der Waals surface area contributed by atoms with Crippen LogP contribution in [-0.4, -0.2) is 30.7 Å². The Balaban J connectivity index is 2.33. The van der Waals surface area contributed by atoms with Crippen LogP contribution in [0.25, 0.3) is 0 Å². The summed E-state index contributed by atoms with van der Waals surface area (Å²) in [5.41, 5.74) is 0. The second-order valence-corrected chi connectivity index (χ2v) is 2.88. The molecule has 0 spiro atoms. The van der Waals surface area contributed by atoms with Crippen molar-refractivity contribution in [1.82, 2.24) is 4.90 Å². The molecule has 0 bridgehead atoms. The largest absolute Gasteiger partial charge is 0.375 e. The smallest absolute Gasteiger partial charge is 0.0748 e. The van der Waals surface area contributed by atoms with Crippen LogP contribution in [0.15, 0.2) is 12.3 Å². The molecule has 1 saturated heterocycles. The predicted octanol–water partition coefficient (Wildman–Crippen LogP) is 1.63. The van der Waals surface area contributed by atoms with Crippen molar-refractivity contribution in [3.63, 3.8) is 0 Å². The van der Waals surface area contributed by atoms with E-state index in [1.165, 1.54) is 0 Å². The Hall–Kier alpha value is -0.500. The van der Waals surface area contributed by atoms with Crippen LogP contribution in [0.5, 0.6) is 0 Å². The molecule has 1 atom stereocenters. The van der Waals surface area contributed by atoms with Gasteiger partial charge >= 0.3 is 0 Å². The van der Waals surface area contributed by atoms with Gasteiger partial charge in [0.05, 0.1) is 12.7 Å². The molecule has 1 heterocycles. The number of allylic oxidation sites excluding steroid dienone is 1. The van der Waals surface area contributed by atoms with E-state index in [1.54, 1.807) is 0 Å². The Kier molecular flexibility index (Phi) is 3.43. The van der Waals surface area contributed by atoms with Gasteiger partial charge in [0, 0.05) is 13.1 Å². The number of nitrogens with zero attached hydrogens (tertiary/aromatic N) is 1. The van der Waals surface area contributed by atoms with Gasteiger partial charge < -0.3 is 9.64 Å². The Bertz CT molecular complexity index is 134. The molecule has 0 radical (unpaired) electrons. The number of morpholine rings is 1. The highest BCUT2D eigenvalue weighted by molar-refractivity contribution is 4.82. The van der Waals surface area contributed by atoms with Crippen molar-refractivity contribution >= 4 is 0 Å². The summed E-state index contributed by atoms with van der Waals surface area (Å²) in [5, 5.41) is 0. The fourth-order valence-corrected chi connectivity index (χ4v) is 1.34. The zero-order valence-electron chi connectivity index (χ0n) is 7.42. The molecule has 0 amide bonds. The van der Waals surface area contributed by atoms with Gasteiger partial charge in [0.15, 0.2) is 0 Å². The van der Waals surface area contributed by atoms with Gasteiger partial charge in [-0.2, -0.15) is 0 Å². The molecule has 1 fully saturated rings. The van der Waals surface area contributed by atoms with Gasteiger partial charge in [0.1, 0.15) is 0 Å². The van der Waals surface area contributed by atoms with E-state index in [0.717, 1.165) is 26.1 Å². The first-order chi connectivity index (χ1) is 5.36. The molecule has 1 aliphatic heterocycles. The van der Waals surface area contributed by atoms with Crippen molar-refractivity contribution < 1.29 is 4.74 Å². The second kappa shape index (κ2) is 4.39. The molecule has 1 aliphatic rings. The van der Waals surface area contributed by atoms with E-state index in [-0.39, 0.29) is 0 Å². The molecule has 11 heavy (non-hydrogen) atoms. The summed E-state index contributed by atoms with van der Waals surface area (Å²) in [6, 6.07) is 0. The van der Waals surface area contributed by atoms with Crippen molar-refractivity contribution in [3.05, 3.63) is 12.3 Å². The highest BCUT2D eigenvalue weighted by Gasteiger charge is 2.15. The fraction of sp³-hybridized carbons (Fsp3) is 0.778. The topological polar surface area (TPSA) is 12.5 Å². The number of hydrogen-bond donors (Lipinski definition) is 0. The van der Waals surface area contributed by atoms with Gasteiger partial charge in [-0.15, -0.1) is 0 Å². The van der Waals surface area contributed by atoms with Crippen molar-refractivity contribution in [3.8, 4) is 0 Å². The van der Waals surface area contributed by atoms with Gasteiger partial charge in [0.25, 0.3) is 0 Å². The first-order valence-corrected chi connectivity index (χ1v) is 4.35. The van der Waals surface area contributed by atoms with Gasteiger partial charge in [-0.25, -0.2) is 0 Å². The highest BCUT2D eigenvalue weighted by Crippen LogP contribution is 2.07. The highest BCUT2D eigenvalue weighted by atomic mass is 16.5. The normalized spacial score (nSPS) is 26.4. The van der Waals surface area contributed by atoms with E-state index in [2.05, 4.69) is 31.0 Å². The van der Waals surface area contributed by atoms with Crippen LogP contribution < -0.4 is 0 Å². The quantitative estimate of drug-likeness (QED) is 0.601. The van der Waals surface area contributed by atoms with Crippen LogP contribution in [0, 0.1) is 0 Å². The minimum Gasteiger partial charge on any atom is -0.375 e. The molecule has 0 unspecified atom stereocenters. The number of ether oxygens (including phenoxy) is 1. The Morgan fingerprint density at radius 1 is 1.64 bits per heavy atom. The molecule has 0 aromatic carbocycles. The van der Waals surface area contributed by atoms with Crippen LogP contribution in [0.2, 0.25) is 0 Å². The van der Waals surface area contributed by atoms with Gasteiger partial charge in [-0.1, -0.05) is 13.0 Å². The maximum absolute atomic E-state index is 5.53. The summed E-state index contributed by atoms with van der Waals surface area (Å²) >= 11 is 0. The van der Waals surface area contributed by atoms with E-state index in [4.69, 9.17) is 4.74 Å². The molecule has 0 aromatic rings. The zero-order chi connectivity index (χ0) is 8.10. The molecule has 2 heteroatoms. The first-order valence-electron chi connectivity index (χ1n) is 4.35. The van der Waals surface area contributed by atoms with Gasteiger partial charge in [-0.3, -0.25) is 0 Å². The average molecular weight is 155 g/mol. The van der Waals surface area contributed by atoms with Crippen LogP contribution in [0.3, 0.4) is 0 Å². The summed E-state index contributed by atoms with van der Waals surface area (Å²) in [4.78, 5) is 2.32. The summed E-state index contributed by atoms with van der Waals surface area (Å²) in [7, 11) is 0. The van der Waals surface area contributed by atoms with E-state index < -0.39 is 0 Å². The summed E-state index contributed by atoms with van der Waals surface area (Å²) in [6.45, 7) is 7.20. The van der Waals surface area contributed by atoms with Crippen molar-refractivity contribution in [1.29, 1.82) is 0 Å². The van der Waals surface area contributed by atoms with Gasteiger partial charge in [0.2, 0.25) is 0 Å². The average Bonchev–Trinajstić information content (AvgIpc) is 2.06. The van der Waals surface area contributed by atoms with E-state index in [0.29, 0.717) is 6.10 Å². The van der Waals surface area contributed by atoms with Crippen molar-refractivity contribution in [2.45, 2.75) is 26.4 Å².